The first kappa shape index (κ1) is 15.6. The maximum Gasteiger partial charge on any atom is 0.272 e. The van der Waals surface area contributed by atoms with Crippen LogP contribution in [-0.2, 0) is 9.53 Å². The molecule has 3 heterocycles. The van der Waals surface area contributed by atoms with Gasteiger partial charge in [-0.25, -0.2) is 5.01 Å². The Morgan fingerprint density at radius 2 is 2.12 bits per heavy atom. The van der Waals surface area contributed by atoms with Gasteiger partial charge >= 0.3 is 0 Å². The molecule has 1 amide bonds. The minimum Gasteiger partial charge on any atom is -0.463 e. The van der Waals surface area contributed by atoms with Crippen LogP contribution in [0, 0.1) is 0 Å². The second kappa shape index (κ2) is 6.53. The van der Waals surface area contributed by atoms with Crippen LogP contribution in [0.15, 0.2) is 56.7 Å². The third-order valence-corrected chi connectivity index (χ3v) is 5.13. The molecule has 0 unspecified atom stereocenters. The number of furan rings is 1. The van der Waals surface area contributed by atoms with E-state index in [-0.39, 0.29) is 11.9 Å². The molecule has 124 valence electrons. The van der Waals surface area contributed by atoms with E-state index < -0.39 is 6.10 Å². The molecule has 2 aliphatic heterocycles. The molecule has 1 saturated heterocycles. The van der Waals surface area contributed by atoms with Gasteiger partial charge in [0.25, 0.3) is 5.91 Å². The number of hydrogen-bond acceptors (Lipinski definition) is 4. The Labute approximate surface area is 148 Å². The molecule has 2 aliphatic rings. The highest BCUT2D eigenvalue weighted by Gasteiger charge is 2.39. The van der Waals surface area contributed by atoms with Gasteiger partial charge in [0, 0.05) is 17.5 Å². The standard InChI is InChI=1S/C18H17BrN2O3/c19-13-6-2-1-5-12(13)15-11-14(16-7-3-9-23-16)20-21(15)18(22)17-8-4-10-24-17/h1-3,5-7,9,15,17H,4,8,10-11H2/t15-,17-/m1/s1. The van der Waals surface area contributed by atoms with Crippen LogP contribution in [0.2, 0.25) is 0 Å². The first-order valence-corrected chi connectivity index (χ1v) is 8.84. The Kier molecular flexibility index (Phi) is 4.24. The van der Waals surface area contributed by atoms with E-state index in [1.807, 2.05) is 36.4 Å². The molecule has 0 spiro atoms. The number of amides is 1. The zero-order valence-electron chi connectivity index (χ0n) is 13.0. The second-order valence-corrected chi connectivity index (χ2v) is 6.80. The summed E-state index contributed by atoms with van der Waals surface area (Å²) in [6.07, 6.45) is 3.52. The lowest BCUT2D eigenvalue weighted by molar-refractivity contribution is -0.142. The number of nitrogens with zero attached hydrogens (tertiary/aromatic N) is 2. The molecule has 4 rings (SSSR count). The molecule has 2 atom stereocenters. The molecule has 1 aromatic carbocycles. The van der Waals surface area contributed by atoms with E-state index in [9.17, 15) is 4.79 Å². The van der Waals surface area contributed by atoms with Gasteiger partial charge in [-0.15, -0.1) is 0 Å². The fourth-order valence-corrected chi connectivity index (χ4v) is 3.76. The van der Waals surface area contributed by atoms with E-state index in [0.717, 1.165) is 28.6 Å². The van der Waals surface area contributed by atoms with E-state index in [1.54, 1.807) is 11.3 Å². The lowest BCUT2D eigenvalue weighted by Gasteiger charge is -2.25. The summed E-state index contributed by atoms with van der Waals surface area (Å²) in [6.45, 7) is 0.638. The van der Waals surface area contributed by atoms with Crippen LogP contribution < -0.4 is 0 Å². The molecule has 0 radical (unpaired) electrons. The molecule has 0 saturated carbocycles. The zero-order valence-corrected chi connectivity index (χ0v) is 14.6. The number of hydrazone groups is 1. The largest absolute Gasteiger partial charge is 0.463 e. The third kappa shape index (κ3) is 2.80. The Bertz CT molecular complexity index is 766. The summed E-state index contributed by atoms with van der Waals surface area (Å²) in [5.41, 5.74) is 1.82. The average molecular weight is 389 g/mol. The van der Waals surface area contributed by atoms with Gasteiger partial charge in [0.05, 0.1) is 12.3 Å². The summed E-state index contributed by atoms with van der Waals surface area (Å²) in [5.74, 6) is 0.629. The average Bonchev–Trinajstić information content (AvgIpc) is 3.34. The fourth-order valence-electron chi connectivity index (χ4n) is 3.21. The van der Waals surface area contributed by atoms with Gasteiger partial charge in [-0.1, -0.05) is 34.1 Å². The third-order valence-electron chi connectivity index (χ3n) is 4.41. The monoisotopic (exact) mass is 388 g/mol. The maximum atomic E-state index is 12.9. The molecule has 2 aromatic rings. The molecule has 24 heavy (non-hydrogen) atoms. The van der Waals surface area contributed by atoms with E-state index in [4.69, 9.17) is 9.15 Å². The molecule has 1 fully saturated rings. The predicted octanol–water partition coefficient (Wildman–Crippen LogP) is 3.90. The van der Waals surface area contributed by atoms with Crippen LogP contribution >= 0.6 is 15.9 Å². The van der Waals surface area contributed by atoms with Gasteiger partial charge in [0.15, 0.2) is 0 Å². The van der Waals surface area contributed by atoms with Gasteiger partial charge < -0.3 is 9.15 Å². The number of carbonyl (C=O) groups is 1. The lowest BCUT2D eigenvalue weighted by Crippen LogP contribution is -2.35. The first-order chi connectivity index (χ1) is 11.7. The fraction of sp³-hybridized carbons (Fsp3) is 0.333. The summed E-state index contributed by atoms with van der Waals surface area (Å²) < 4.78 is 12.0. The molecule has 0 bridgehead atoms. The number of benzene rings is 1. The quantitative estimate of drug-likeness (QED) is 0.800. The van der Waals surface area contributed by atoms with Crippen molar-refractivity contribution in [2.24, 2.45) is 5.10 Å². The van der Waals surface area contributed by atoms with E-state index in [0.29, 0.717) is 18.8 Å². The number of ether oxygens (including phenoxy) is 1. The minimum atomic E-state index is -0.394. The van der Waals surface area contributed by atoms with Crippen molar-refractivity contribution in [3.63, 3.8) is 0 Å². The lowest BCUT2D eigenvalue weighted by atomic mass is 10.0. The normalized spacial score (nSPS) is 23.5. The summed E-state index contributed by atoms with van der Waals surface area (Å²) >= 11 is 3.59. The Hall–Kier alpha value is -1.92. The van der Waals surface area contributed by atoms with Crippen LogP contribution in [0.3, 0.4) is 0 Å². The molecule has 0 aliphatic carbocycles. The maximum absolute atomic E-state index is 12.9. The smallest absolute Gasteiger partial charge is 0.272 e. The number of rotatable bonds is 3. The Morgan fingerprint density at radius 1 is 1.25 bits per heavy atom. The van der Waals surface area contributed by atoms with Crippen molar-refractivity contribution in [1.82, 2.24) is 5.01 Å². The number of halogens is 1. The van der Waals surface area contributed by atoms with Crippen molar-refractivity contribution in [3.05, 3.63) is 58.5 Å². The summed E-state index contributed by atoms with van der Waals surface area (Å²) in [6, 6.07) is 11.5. The highest BCUT2D eigenvalue weighted by Crippen LogP contribution is 2.37. The van der Waals surface area contributed by atoms with Gasteiger partial charge in [0.1, 0.15) is 17.6 Å². The molecular weight excluding hydrogens is 372 g/mol. The van der Waals surface area contributed by atoms with Crippen LogP contribution in [0.25, 0.3) is 0 Å². The minimum absolute atomic E-state index is 0.0743. The SMILES string of the molecule is O=C([C@H]1CCCO1)N1N=C(c2ccco2)C[C@@H]1c1ccccc1Br. The highest BCUT2D eigenvalue weighted by molar-refractivity contribution is 9.10. The van der Waals surface area contributed by atoms with Crippen molar-refractivity contribution in [3.8, 4) is 0 Å². The molecular formula is C18H17BrN2O3. The zero-order chi connectivity index (χ0) is 16.5. The van der Waals surface area contributed by atoms with Crippen molar-refractivity contribution < 1.29 is 13.9 Å². The Balaban J connectivity index is 1.69. The van der Waals surface area contributed by atoms with Crippen LogP contribution in [0.4, 0.5) is 0 Å². The van der Waals surface area contributed by atoms with Crippen molar-refractivity contribution in [2.45, 2.75) is 31.4 Å². The molecule has 0 N–H and O–H groups in total. The number of carbonyl (C=O) groups excluding carboxylic acids is 1. The van der Waals surface area contributed by atoms with Gasteiger partial charge in [-0.05, 0) is 36.6 Å². The first-order valence-electron chi connectivity index (χ1n) is 8.04. The van der Waals surface area contributed by atoms with Crippen molar-refractivity contribution in [1.29, 1.82) is 0 Å². The van der Waals surface area contributed by atoms with Crippen molar-refractivity contribution in [2.75, 3.05) is 6.61 Å². The molecule has 6 heteroatoms. The van der Waals surface area contributed by atoms with E-state index >= 15 is 0 Å². The second-order valence-electron chi connectivity index (χ2n) is 5.95. The topological polar surface area (TPSA) is 55.0 Å². The summed E-state index contributed by atoms with van der Waals surface area (Å²) in [7, 11) is 0. The molecule has 1 aromatic heterocycles. The van der Waals surface area contributed by atoms with Crippen LogP contribution in [0.5, 0.6) is 0 Å². The van der Waals surface area contributed by atoms with Gasteiger partial charge in [-0.3, -0.25) is 4.79 Å². The van der Waals surface area contributed by atoms with Crippen LogP contribution in [0.1, 0.15) is 36.6 Å². The van der Waals surface area contributed by atoms with Gasteiger partial charge in [-0.2, -0.15) is 5.10 Å². The summed E-state index contributed by atoms with van der Waals surface area (Å²) in [5, 5.41) is 6.16. The Morgan fingerprint density at radius 3 is 2.83 bits per heavy atom. The summed E-state index contributed by atoms with van der Waals surface area (Å²) in [4.78, 5) is 12.9. The van der Waals surface area contributed by atoms with Crippen molar-refractivity contribution >= 4 is 27.5 Å². The van der Waals surface area contributed by atoms with E-state index in [1.165, 1.54) is 0 Å². The van der Waals surface area contributed by atoms with Crippen LogP contribution in [-0.4, -0.2) is 29.3 Å². The number of hydrogen-bond donors (Lipinski definition) is 0. The highest BCUT2D eigenvalue weighted by atomic mass is 79.9. The predicted molar refractivity (Wildman–Crippen MR) is 92.6 cm³/mol. The van der Waals surface area contributed by atoms with Gasteiger partial charge in [0.2, 0.25) is 0 Å². The molecule has 5 nitrogen and oxygen atoms in total. The van der Waals surface area contributed by atoms with E-state index in [2.05, 4.69) is 21.0 Å².